The number of aryl methyl sites for hydroxylation is 1. The Morgan fingerprint density at radius 3 is 2.46 bits per heavy atom. The van der Waals surface area contributed by atoms with Crippen molar-refractivity contribution in [1.29, 1.82) is 0 Å². The quantitative estimate of drug-likeness (QED) is 0.856. The summed E-state index contributed by atoms with van der Waals surface area (Å²) in [6, 6.07) is 0. The van der Waals surface area contributed by atoms with Gasteiger partial charge in [0, 0.05) is 37.3 Å². The molecular formula is C18H26N4O2. The molecule has 0 spiro atoms. The highest BCUT2D eigenvalue weighted by molar-refractivity contribution is 5.94. The summed E-state index contributed by atoms with van der Waals surface area (Å²) < 4.78 is 1.80. The van der Waals surface area contributed by atoms with Gasteiger partial charge in [-0.3, -0.25) is 14.3 Å². The van der Waals surface area contributed by atoms with Crippen molar-refractivity contribution >= 4 is 11.8 Å². The second-order valence-electron chi connectivity index (χ2n) is 7.07. The Labute approximate surface area is 142 Å². The van der Waals surface area contributed by atoms with Crippen molar-refractivity contribution < 1.29 is 9.59 Å². The summed E-state index contributed by atoms with van der Waals surface area (Å²) in [5.74, 6) is -0.702. The van der Waals surface area contributed by atoms with Crippen LogP contribution in [0.4, 0.5) is 0 Å². The van der Waals surface area contributed by atoms with Crippen molar-refractivity contribution in [3.63, 3.8) is 0 Å². The molecule has 1 aliphatic carbocycles. The molecule has 0 unspecified atom stereocenters. The molecule has 1 aromatic rings. The van der Waals surface area contributed by atoms with Gasteiger partial charge in [-0.2, -0.15) is 5.10 Å². The van der Waals surface area contributed by atoms with Gasteiger partial charge >= 0.3 is 0 Å². The third kappa shape index (κ3) is 2.85. The third-order valence-electron chi connectivity index (χ3n) is 5.70. The van der Waals surface area contributed by atoms with Crippen LogP contribution in [0.2, 0.25) is 0 Å². The number of carbonyl (C=O) groups is 2. The molecule has 2 heterocycles. The van der Waals surface area contributed by atoms with Crippen molar-refractivity contribution in [1.82, 2.24) is 14.7 Å². The summed E-state index contributed by atoms with van der Waals surface area (Å²) in [4.78, 5) is 26.6. The van der Waals surface area contributed by atoms with Crippen LogP contribution in [0, 0.1) is 12.8 Å². The van der Waals surface area contributed by atoms with Crippen LogP contribution in [-0.4, -0.2) is 39.6 Å². The molecule has 1 saturated heterocycles. The van der Waals surface area contributed by atoms with E-state index < -0.39 is 0 Å². The Balaban J connectivity index is 1.85. The highest BCUT2D eigenvalue weighted by Crippen LogP contribution is 2.36. The first-order valence-electron chi connectivity index (χ1n) is 8.65. The summed E-state index contributed by atoms with van der Waals surface area (Å²) in [5, 5.41) is 4.27. The third-order valence-corrected chi connectivity index (χ3v) is 5.70. The van der Waals surface area contributed by atoms with Crippen LogP contribution < -0.4 is 5.73 Å². The second-order valence-corrected chi connectivity index (χ2v) is 7.07. The van der Waals surface area contributed by atoms with E-state index in [1.54, 1.807) is 15.8 Å². The van der Waals surface area contributed by atoms with Crippen LogP contribution in [0.25, 0.3) is 0 Å². The van der Waals surface area contributed by atoms with Crippen LogP contribution in [0.1, 0.15) is 49.8 Å². The Bertz CT molecular complexity index is 696. The fourth-order valence-corrected chi connectivity index (χ4v) is 4.02. The van der Waals surface area contributed by atoms with Crippen molar-refractivity contribution in [3.8, 4) is 0 Å². The van der Waals surface area contributed by atoms with Crippen molar-refractivity contribution in [2.24, 2.45) is 18.7 Å². The fraction of sp³-hybridized carbons (Fsp3) is 0.611. The van der Waals surface area contributed by atoms with Crippen molar-refractivity contribution in [3.05, 3.63) is 28.6 Å². The number of allylic oxidation sites excluding steroid dienone is 1. The number of nitrogens with two attached hydrogens (primary N) is 1. The first-order chi connectivity index (χ1) is 11.4. The largest absolute Gasteiger partial charge is 0.369 e. The van der Waals surface area contributed by atoms with Gasteiger partial charge < -0.3 is 10.6 Å². The fourth-order valence-electron chi connectivity index (χ4n) is 4.02. The topological polar surface area (TPSA) is 81.2 Å². The summed E-state index contributed by atoms with van der Waals surface area (Å²) in [5.41, 5.74) is 9.80. The highest BCUT2D eigenvalue weighted by atomic mass is 16.2. The standard InChI is InChI=1S/C18H26N4O2/c1-11(13-6-4-5-7-13)18(24)22-9-15(16(10-22)17(19)23)14-8-20-21(3)12(14)2/h8,15-16H,4-7,9-10H2,1-3H3,(H2,19,23)/t15-,16+/m1/s1. The first kappa shape index (κ1) is 16.7. The SMILES string of the molecule is CC(C(=O)N1C[C@H](C(N)=O)[C@@H](c2cnn(C)c2C)C1)=C1CCCC1. The van der Waals surface area contributed by atoms with Gasteiger partial charge in [-0.15, -0.1) is 0 Å². The Hall–Kier alpha value is -2.11. The Morgan fingerprint density at radius 1 is 1.25 bits per heavy atom. The molecule has 1 aliphatic heterocycles. The minimum Gasteiger partial charge on any atom is -0.369 e. The van der Waals surface area contributed by atoms with Gasteiger partial charge in [-0.05, 0) is 45.1 Å². The monoisotopic (exact) mass is 330 g/mol. The maximum atomic E-state index is 12.9. The molecule has 130 valence electrons. The predicted molar refractivity (Wildman–Crippen MR) is 91.1 cm³/mol. The number of aromatic nitrogens is 2. The molecule has 6 nitrogen and oxygen atoms in total. The van der Waals surface area contributed by atoms with Gasteiger partial charge in [-0.25, -0.2) is 0 Å². The summed E-state index contributed by atoms with van der Waals surface area (Å²) >= 11 is 0. The smallest absolute Gasteiger partial charge is 0.249 e. The molecule has 2 aliphatic rings. The van der Waals surface area contributed by atoms with Crippen LogP contribution in [0.15, 0.2) is 17.3 Å². The van der Waals surface area contributed by atoms with Gasteiger partial charge in [0.15, 0.2) is 0 Å². The number of rotatable bonds is 3. The maximum absolute atomic E-state index is 12.9. The van der Waals surface area contributed by atoms with E-state index in [-0.39, 0.29) is 23.7 Å². The number of nitrogens with zero attached hydrogens (tertiary/aromatic N) is 3. The predicted octanol–water partition coefficient (Wildman–Crippen LogP) is 1.65. The van der Waals surface area contributed by atoms with E-state index in [4.69, 9.17) is 5.73 Å². The highest BCUT2D eigenvalue weighted by Gasteiger charge is 2.41. The molecule has 1 saturated carbocycles. The average molecular weight is 330 g/mol. The maximum Gasteiger partial charge on any atom is 0.249 e. The zero-order chi connectivity index (χ0) is 17.4. The lowest BCUT2D eigenvalue weighted by atomic mass is 9.89. The number of hydrogen-bond acceptors (Lipinski definition) is 3. The number of amides is 2. The first-order valence-corrected chi connectivity index (χ1v) is 8.65. The minimum atomic E-state index is -0.349. The molecule has 3 rings (SSSR count). The molecule has 1 aromatic heterocycles. The van der Waals surface area contributed by atoms with E-state index in [9.17, 15) is 9.59 Å². The summed E-state index contributed by atoms with van der Waals surface area (Å²) in [6.07, 6.45) is 6.18. The lowest BCUT2D eigenvalue weighted by Gasteiger charge is -2.18. The molecule has 2 atom stereocenters. The van der Waals surface area contributed by atoms with E-state index in [1.807, 2.05) is 20.9 Å². The zero-order valence-corrected chi connectivity index (χ0v) is 14.7. The van der Waals surface area contributed by atoms with E-state index in [0.29, 0.717) is 13.1 Å². The summed E-state index contributed by atoms with van der Waals surface area (Å²) in [7, 11) is 1.88. The lowest BCUT2D eigenvalue weighted by molar-refractivity contribution is -0.126. The Morgan fingerprint density at radius 2 is 1.92 bits per heavy atom. The van der Waals surface area contributed by atoms with Gasteiger partial charge in [-0.1, -0.05) is 5.57 Å². The number of primary amides is 1. The lowest BCUT2D eigenvalue weighted by Crippen LogP contribution is -2.32. The number of hydrogen-bond donors (Lipinski definition) is 1. The van der Waals surface area contributed by atoms with Crippen LogP contribution >= 0.6 is 0 Å². The molecule has 0 bridgehead atoms. The van der Waals surface area contributed by atoms with Crippen LogP contribution in [-0.2, 0) is 16.6 Å². The van der Waals surface area contributed by atoms with Gasteiger partial charge in [0.25, 0.3) is 0 Å². The number of likely N-dealkylation sites (tertiary alicyclic amines) is 1. The molecule has 24 heavy (non-hydrogen) atoms. The molecule has 2 fully saturated rings. The van der Waals surface area contributed by atoms with E-state index in [2.05, 4.69) is 5.10 Å². The molecule has 2 N–H and O–H groups in total. The van der Waals surface area contributed by atoms with Gasteiger partial charge in [0.05, 0.1) is 12.1 Å². The van der Waals surface area contributed by atoms with Crippen molar-refractivity contribution in [2.75, 3.05) is 13.1 Å². The molecule has 0 aromatic carbocycles. The summed E-state index contributed by atoms with van der Waals surface area (Å²) in [6.45, 7) is 4.84. The van der Waals surface area contributed by atoms with E-state index >= 15 is 0 Å². The Kier molecular flexibility index (Phi) is 4.47. The van der Waals surface area contributed by atoms with E-state index in [1.165, 1.54) is 18.4 Å². The zero-order valence-electron chi connectivity index (χ0n) is 14.7. The number of carbonyl (C=O) groups excluding carboxylic acids is 2. The van der Waals surface area contributed by atoms with Crippen molar-refractivity contribution in [2.45, 2.75) is 45.4 Å². The molecule has 6 heteroatoms. The van der Waals surface area contributed by atoms with E-state index in [0.717, 1.165) is 29.7 Å². The minimum absolute atomic E-state index is 0.0576. The second kappa shape index (κ2) is 6.42. The molecule has 0 radical (unpaired) electrons. The van der Waals surface area contributed by atoms with Gasteiger partial charge in [0.1, 0.15) is 0 Å². The normalized spacial score (nSPS) is 23.8. The van der Waals surface area contributed by atoms with Crippen LogP contribution in [0.3, 0.4) is 0 Å². The molecule has 2 amide bonds. The average Bonchev–Trinajstić information content (AvgIpc) is 3.27. The van der Waals surface area contributed by atoms with Crippen LogP contribution in [0.5, 0.6) is 0 Å². The van der Waals surface area contributed by atoms with Gasteiger partial charge in [0.2, 0.25) is 11.8 Å². The molecular weight excluding hydrogens is 304 g/mol.